The third kappa shape index (κ3) is 2.86. The van der Waals surface area contributed by atoms with Gasteiger partial charge in [0.1, 0.15) is 5.75 Å². The van der Waals surface area contributed by atoms with Crippen LogP contribution in [0, 0.1) is 0 Å². The molecule has 1 rings (SSSR count). The van der Waals surface area contributed by atoms with Crippen molar-refractivity contribution in [3.05, 3.63) is 35.9 Å². The fourth-order valence-corrected chi connectivity index (χ4v) is 1.55. The number of aromatic hydroxyl groups is 1. The van der Waals surface area contributed by atoms with E-state index in [4.69, 9.17) is 0 Å². The van der Waals surface area contributed by atoms with E-state index in [0.29, 0.717) is 5.56 Å². The summed E-state index contributed by atoms with van der Waals surface area (Å²) >= 11 is 0. The Morgan fingerprint density at radius 3 is 2.50 bits per heavy atom. The molecule has 0 heterocycles. The summed E-state index contributed by atoms with van der Waals surface area (Å²) in [6, 6.07) is 5.06. The Morgan fingerprint density at radius 2 is 2.06 bits per heavy atom. The van der Waals surface area contributed by atoms with Gasteiger partial charge in [0, 0.05) is 25.3 Å². The van der Waals surface area contributed by atoms with Crippen LogP contribution in [-0.2, 0) is 0 Å². The lowest BCUT2D eigenvalue weighted by atomic mass is 10.1. The third-order valence-electron chi connectivity index (χ3n) is 2.31. The number of phenols is 1. The summed E-state index contributed by atoms with van der Waals surface area (Å²) in [5.41, 5.74) is 2.26. The maximum absolute atomic E-state index is 11.1. The second-order valence-corrected chi connectivity index (χ2v) is 4.07. The summed E-state index contributed by atoms with van der Waals surface area (Å²) in [6.07, 6.45) is 0. The Balaban J connectivity index is 2.96. The predicted octanol–water partition coefficient (Wildman–Crippen LogP) is 2.61. The Kier molecular flexibility index (Phi) is 3.72. The van der Waals surface area contributed by atoms with Gasteiger partial charge in [-0.05, 0) is 26.0 Å². The first-order chi connectivity index (χ1) is 7.41. The topological polar surface area (TPSA) is 40.5 Å². The number of rotatable bonds is 4. The lowest BCUT2D eigenvalue weighted by molar-refractivity contribution is 0.101. The number of hydrogen-bond donors (Lipinski definition) is 1. The van der Waals surface area contributed by atoms with Crippen LogP contribution in [0.25, 0.3) is 0 Å². The number of hydrogen-bond acceptors (Lipinski definition) is 3. The van der Waals surface area contributed by atoms with Crippen molar-refractivity contribution in [1.29, 1.82) is 0 Å². The van der Waals surface area contributed by atoms with E-state index >= 15 is 0 Å². The number of phenolic OH excluding ortho intramolecular Hbond substituents is 1. The van der Waals surface area contributed by atoms with Crippen molar-refractivity contribution >= 4 is 11.5 Å². The van der Waals surface area contributed by atoms with E-state index in [2.05, 4.69) is 6.58 Å². The van der Waals surface area contributed by atoms with E-state index in [1.807, 2.05) is 24.9 Å². The van der Waals surface area contributed by atoms with Crippen LogP contribution >= 0.6 is 0 Å². The maximum Gasteiger partial charge on any atom is 0.163 e. The molecule has 0 aliphatic rings. The normalized spacial score (nSPS) is 9.94. The van der Waals surface area contributed by atoms with Crippen molar-refractivity contribution in [3.63, 3.8) is 0 Å². The zero-order valence-electron chi connectivity index (χ0n) is 9.95. The van der Waals surface area contributed by atoms with Gasteiger partial charge in [-0.1, -0.05) is 12.2 Å². The molecule has 0 saturated heterocycles. The molecule has 0 saturated carbocycles. The van der Waals surface area contributed by atoms with Crippen molar-refractivity contribution in [2.24, 2.45) is 0 Å². The molecule has 0 bridgehead atoms. The molecule has 0 aliphatic carbocycles. The Morgan fingerprint density at radius 1 is 1.44 bits per heavy atom. The van der Waals surface area contributed by atoms with Crippen LogP contribution in [-0.4, -0.2) is 24.5 Å². The quantitative estimate of drug-likeness (QED) is 0.625. The zero-order valence-corrected chi connectivity index (χ0v) is 9.95. The Labute approximate surface area is 96.0 Å². The van der Waals surface area contributed by atoms with E-state index in [0.717, 1.165) is 17.8 Å². The molecule has 1 aromatic carbocycles. The largest absolute Gasteiger partial charge is 0.507 e. The minimum atomic E-state index is -0.133. The molecule has 0 aliphatic heterocycles. The molecule has 0 aromatic heterocycles. The molecule has 1 N–H and O–H groups in total. The number of anilines is 1. The van der Waals surface area contributed by atoms with Gasteiger partial charge in [0.05, 0.1) is 5.56 Å². The SMILES string of the molecule is C=C(C)CN(C)c1ccc(C(C)=O)c(O)c1. The smallest absolute Gasteiger partial charge is 0.163 e. The molecule has 0 spiro atoms. The summed E-state index contributed by atoms with van der Waals surface area (Å²) in [5.74, 6) is -0.106. The minimum absolute atomic E-state index is 0.0264. The van der Waals surface area contributed by atoms with Crippen LogP contribution in [0.3, 0.4) is 0 Å². The van der Waals surface area contributed by atoms with E-state index in [1.54, 1.807) is 12.1 Å². The third-order valence-corrected chi connectivity index (χ3v) is 2.31. The van der Waals surface area contributed by atoms with Crippen molar-refractivity contribution in [3.8, 4) is 5.75 Å². The first-order valence-electron chi connectivity index (χ1n) is 5.11. The Hall–Kier alpha value is -1.77. The average molecular weight is 219 g/mol. The van der Waals surface area contributed by atoms with Gasteiger partial charge in [0.25, 0.3) is 0 Å². The first kappa shape index (κ1) is 12.3. The zero-order chi connectivity index (χ0) is 12.3. The van der Waals surface area contributed by atoms with Crippen molar-refractivity contribution in [2.75, 3.05) is 18.5 Å². The number of carbonyl (C=O) groups is 1. The molecule has 0 atom stereocenters. The van der Waals surface area contributed by atoms with E-state index in [9.17, 15) is 9.90 Å². The standard InChI is InChI=1S/C13H17NO2/c1-9(2)8-14(4)11-5-6-12(10(3)15)13(16)7-11/h5-7,16H,1,8H2,2-4H3. The molecule has 1 aromatic rings. The minimum Gasteiger partial charge on any atom is -0.507 e. The van der Waals surface area contributed by atoms with Crippen molar-refractivity contribution in [2.45, 2.75) is 13.8 Å². The number of benzene rings is 1. The molecule has 0 amide bonds. The molecule has 0 fully saturated rings. The fraction of sp³-hybridized carbons (Fsp3) is 0.308. The predicted molar refractivity (Wildman–Crippen MR) is 66.2 cm³/mol. The van der Waals surface area contributed by atoms with Crippen molar-refractivity contribution < 1.29 is 9.90 Å². The molecule has 3 nitrogen and oxygen atoms in total. The van der Waals surface area contributed by atoms with Crippen LogP contribution in [0.4, 0.5) is 5.69 Å². The molecule has 0 unspecified atom stereocenters. The number of carbonyl (C=O) groups excluding carboxylic acids is 1. The number of Topliss-reactive ketones (excluding diaryl/α,β-unsaturated/α-hetero) is 1. The van der Waals surface area contributed by atoms with Crippen LogP contribution in [0.2, 0.25) is 0 Å². The lowest BCUT2D eigenvalue weighted by Gasteiger charge is -2.19. The van der Waals surface area contributed by atoms with Crippen LogP contribution in [0.1, 0.15) is 24.2 Å². The second kappa shape index (κ2) is 4.84. The molecular formula is C13H17NO2. The summed E-state index contributed by atoms with van der Waals surface area (Å²) in [6.45, 7) is 7.93. The molecule has 3 heteroatoms. The highest BCUT2D eigenvalue weighted by Crippen LogP contribution is 2.24. The van der Waals surface area contributed by atoms with Gasteiger partial charge < -0.3 is 10.0 Å². The average Bonchev–Trinajstić information content (AvgIpc) is 2.15. The highest BCUT2D eigenvalue weighted by molar-refractivity contribution is 5.97. The number of likely N-dealkylation sites (N-methyl/N-ethyl adjacent to an activating group) is 1. The van der Waals surface area contributed by atoms with Crippen LogP contribution in [0.15, 0.2) is 30.4 Å². The van der Waals surface area contributed by atoms with Gasteiger partial charge in [-0.25, -0.2) is 0 Å². The van der Waals surface area contributed by atoms with Gasteiger partial charge in [0.15, 0.2) is 5.78 Å². The highest BCUT2D eigenvalue weighted by Gasteiger charge is 2.08. The molecule has 86 valence electrons. The summed E-state index contributed by atoms with van der Waals surface area (Å²) in [4.78, 5) is 13.1. The van der Waals surface area contributed by atoms with Crippen LogP contribution < -0.4 is 4.90 Å². The van der Waals surface area contributed by atoms with E-state index in [1.165, 1.54) is 6.92 Å². The van der Waals surface area contributed by atoms with Crippen molar-refractivity contribution in [1.82, 2.24) is 0 Å². The van der Waals surface area contributed by atoms with Gasteiger partial charge in [-0.15, -0.1) is 0 Å². The van der Waals surface area contributed by atoms with E-state index in [-0.39, 0.29) is 11.5 Å². The molecular weight excluding hydrogens is 202 g/mol. The van der Waals surface area contributed by atoms with E-state index < -0.39 is 0 Å². The first-order valence-corrected chi connectivity index (χ1v) is 5.11. The van der Waals surface area contributed by atoms with Gasteiger partial charge in [-0.3, -0.25) is 4.79 Å². The molecule has 0 radical (unpaired) electrons. The number of nitrogens with zero attached hydrogens (tertiary/aromatic N) is 1. The van der Waals surface area contributed by atoms with Gasteiger partial charge >= 0.3 is 0 Å². The second-order valence-electron chi connectivity index (χ2n) is 4.07. The molecule has 16 heavy (non-hydrogen) atoms. The van der Waals surface area contributed by atoms with Gasteiger partial charge in [-0.2, -0.15) is 0 Å². The number of ketones is 1. The highest BCUT2D eigenvalue weighted by atomic mass is 16.3. The summed E-state index contributed by atoms with van der Waals surface area (Å²) < 4.78 is 0. The van der Waals surface area contributed by atoms with Gasteiger partial charge in [0.2, 0.25) is 0 Å². The monoisotopic (exact) mass is 219 g/mol. The fourth-order valence-electron chi connectivity index (χ4n) is 1.55. The lowest BCUT2D eigenvalue weighted by Crippen LogP contribution is -2.18. The maximum atomic E-state index is 11.1. The van der Waals surface area contributed by atoms with Crippen LogP contribution in [0.5, 0.6) is 5.75 Å². The summed E-state index contributed by atoms with van der Waals surface area (Å²) in [7, 11) is 1.91. The summed E-state index contributed by atoms with van der Waals surface area (Å²) in [5, 5.41) is 9.67. The Bertz CT molecular complexity index is 424.